The van der Waals surface area contributed by atoms with Crippen molar-refractivity contribution in [2.45, 2.75) is 59.0 Å². The highest BCUT2D eigenvalue weighted by molar-refractivity contribution is 5.84. The largest absolute Gasteiger partial charge is 0.355 e. The zero-order valence-corrected chi connectivity index (χ0v) is 12.0. The number of carbonyl (C=O) groups is 2. The van der Waals surface area contributed by atoms with Gasteiger partial charge in [0, 0.05) is 13.1 Å². The van der Waals surface area contributed by atoms with Crippen molar-refractivity contribution in [3.05, 3.63) is 0 Å². The standard InChI is InChI=1S/C13H27N3O2/c1-5-7-9-15-13(18)11(4)16-10(3)12(17)14-8-6-2/h10-11,16H,5-9H2,1-4H3,(H,14,17)(H,15,18). The van der Waals surface area contributed by atoms with Gasteiger partial charge in [-0.25, -0.2) is 0 Å². The van der Waals surface area contributed by atoms with E-state index in [0.717, 1.165) is 19.3 Å². The van der Waals surface area contributed by atoms with Crippen LogP contribution < -0.4 is 16.0 Å². The maximum atomic E-state index is 11.7. The molecule has 0 aliphatic heterocycles. The molecular formula is C13H27N3O2. The molecule has 0 aromatic carbocycles. The maximum absolute atomic E-state index is 11.7. The monoisotopic (exact) mass is 257 g/mol. The van der Waals surface area contributed by atoms with E-state index in [2.05, 4.69) is 22.9 Å². The fourth-order valence-electron chi connectivity index (χ4n) is 1.47. The van der Waals surface area contributed by atoms with Crippen LogP contribution in [-0.2, 0) is 9.59 Å². The second-order valence-corrected chi connectivity index (χ2v) is 4.55. The van der Waals surface area contributed by atoms with Crippen molar-refractivity contribution in [3.63, 3.8) is 0 Å². The Bertz CT molecular complexity index is 257. The van der Waals surface area contributed by atoms with E-state index in [0.29, 0.717) is 13.1 Å². The second kappa shape index (κ2) is 9.88. The molecule has 0 rings (SSSR count). The first-order chi connectivity index (χ1) is 8.52. The van der Waals surface area contributed by atoms with Crippen LogP contribution in [0.15, 0.2) is 0 Å². The average molecular weight is 257 g/mol. The summed E-state index contributed by atoms with van der Waals surface area (Å²) in [5.74, 6) is -0.122. The van der Waals surface area contributed by atoms with Crippen molar-refractivity contribution >= 4 is 11.8 Å². The number of nitrogens with one attached hydrogen (secondary N) is 3. The molecule has 18 heavy (non-hydrogen) atoms. The summed E-state index contributed by atoms with van der Waals surface area (Å²) in [4.78, 5) is 23.3. The zero-order valence-electron chi connectivity index (χ0n) is 12.0. The highest BCUT2D eigenvalue weighted by atomic mass is 16.2. The van der Waals surface area contributed by atoms with E-state index in [1.54, 1.807) is 13.8 Å². The molecular weight excluding hydrogens is 230 g/mol. The summed E-state index contributed by atoms with van der Waals surface area (Å²) in [7, 11) is 0. The van der Waals surface area contributed by atoms with Gasteiger partial charge in [0.05, 0.1) is 12.1 Å². The summed E-state index contributed by atoms with van der Waals surface area (Å²) < 4.78 is 0. The first-order valence-corrected chi connectivity index (χ1v) is 6.84. The zero-order chi connectivity index (χ0) is 14.0. The van der Waals surface area contributed by atoms with Crippen molar-refractivity contribution in [1.29, 1.82) is 0 Å². The van der Waals surface area contributed by atoms with Crippen molar-refractivity contribution in [1.82, 2.24) is 16.0 Å². The van der Waals surface area contributed by atoms with Crippen LogP contribution in [0.25, 0.3) is 0 Å². The van der Waals surface area contributed by atoms with Crippen LogP contribution in [0.1, 0.15) is 47.0 Å². The summed E-state index contributed by atoms with van der Waals surface area (Å²) in [6.07, 6.45) is 2.94. The van der Waals surface area contributed by atoms with Gasteiger partial charge in [0.2, 0.25) is 11.8 Å². The van der Waals surface area contributed by atoms with E-state index in [1.165, 1.54) is 0 Å². The van der Waals surface area contributed by atoms with Gasteiger partial charge in [-0.3, -0.25) is 14.9 Å². The average Bonchev–Trinajstić information content (AvgIpc) is 2.35. The van der Waals surface area contributed by atoms with Gasteiger partial charge in [-0.15, -0.1) is 0 Å². The van der Waals surface area contributed by atoms with Gasteiger partial charge in [0.25, 0.3) is 0 Å². The molecule has 5 heteroatoms. The number of unbranched alkanes of at least 4 members (excludes halogenated alkanes) is 1. The minimum Gasteiger partial charge on any atom is -0.355 e. The van der Waals surface area contributed by atoms with Gasteiger partial charge in [-0.05, 0) is 26.7 Å². The molecule has 2 unspecified atom stereocenters. The van der Waals surface area contributed by atoms with Crippen LogP contribution in [0.4, 0.5) is 0 Å². The van der Waals surface area contributed by atoms with Crippen molar-refractivity contribution < 1.29 is 9.59 Å². The molecule has 0 saturated heterocycles. The molecule has 0 saturated carbocycles. The predicted octanol–water partition coefficient (Wildman–Crippen LogP) is 0.796. The van der Waals surface area contributed by atoms with E-state index in [9.17, 15) is 9.59 Å². The molecule has 2 atom stereocenters. The molecule has 0 radical (unpaired) electrons. The van der Waals surface area contributed by atoms with Gasteiger partial charge in [0.1, 0.15) is 0 Å². The predicted molar refractivity (Wildman–Crippen MR) is 73.3 cm³/mol. The van der Waals surface area contributed by atoms with Crippen LogP contribution in [0.2, 0.25) is 0 Å². The molecule has 0 heterocycles. The first kappa shape index (κ1) is 16.9. The van der Waals surface area contributed by atoms with Gasteiger partial charge >= 0.3 is 0 Å². The lowest BCUT2D eigenvalue weighted by Gasteiger charge is -2.19. The Balaban J connectivity index is 3.93. The number of hydrogen-bond donors (Lipinski definition) is 3. The highest BCUT2D eigenvalue weighted by Crippen LogP contribution is 1.90. The van der Waals surface area contributed by atoms with E-state index in [4.69, 9.17) is 0 Å². The summed E-state index contributed by atoms with van der Waals surface area (Å²) in [6.45, 7) is 8.97. The SMILES string of the molecule is CCCCNC(=O)C(C)NC(C)C(=O)NCCC. The number of rotatable bonds is 9. The quantitative estimate of drug-likeness (QED) is 0.535. The van der Waals surface area contributed by atoms with E-state index >= 15 is 0 Å². The molecule has 0 aromatic rings. The van der Waals surface area contributed by atoms with Crippen LogP contribution in [0.5, 0.6) is 0 Å². The molecule has 3 N–H and O–H groups in total. The molecule has 0 spiro atoms. The summed E-state index contributed by atoms with van der Waals surface area (Å²) in [5, 5.41) is 8.62. The maximum Gasteiger partial charge on any atom is 0.236 e. The summed E-state index contributed by atoms with van der Waals surface area (Å²) in [6, 6.07) is -0.715. The van der Waals surface area contributed by atoms with Crippen molar-refractivity contribution in [3.8, 4) is 0 Å². The van der Waals surface area contributed by atoms with E-state index < -0.39 is 0 Å². The van der Waals surface area contributed by atoms with Crippen LogP contribution in [0.3, 0.4) is 0 Å². The minimum absolute atomic E-state index is 0.0569. The minimum atomic E-state index is -0.358. The molecule has 106 valence electrons. The molecule has 0 aromatic heterocycles. The Morgan fingerprint density at radius 1 is 0.889 bits per heavy atom. The Hall–Kier alpha value is -1.10. The molecule has 0 bridgehead atoms. The van der Waals surface area contributed by atoms with Crippen LogP contribution in [-0.4, -0.2) is 37.0 Å². The van der Waals surface area contributed by atoms with Gasteiger partial charge in [-0.1, -0.05) is 20.3 Å². The smallest absolute Gasteiger partial charge is 0.236 e. The third kappa shape index (κ3) is 7.27. The first-order valence-electron chi connectivity index (χ1n) is 6.84. The van der Waals surface area contributed by atoms with Gasteiger partial charge in [-0.2, -0.15) is 0 Å². The lowest BCUT2D eigenvalue weighted by molar-refractivity contribution is -0.125. The fourth-order valence-corrected chi connectivity index (χ4v) is 1.47. The molecule has 0 aliphatic carbocycles. The van der Waals surface area contributed by atoms with E-state index in [1.807, 2.05) is 6.92 Å². The second-order valence-electron chi connectivity index (χ2n) is 4.55. The molecule has 0 aliphatic rings. The van der Waals surface area contributed by atoms with Crippen LogP contribution >= 0.6 is 0 Å². The van der Waals surface area contributed by atoms with Gasteiger partial charge < -0.3 is 10.6 Å². The third-order valence-electron chi connectivity index (χ3n) is 2.67. The molecule has 5 nitrogen and oxygen atoms in total. The lowest BCUT2D eigenvalue weighted by Crippen LogP contribution is -2.51. The summed E-state index contributed by atoms with van der Waals surface area (Å²) in [5.41, 5.74) is 0. The lowest BCUT2D eigenvalue weighted by atomic mass is 10.2. The topological polar surface area (TPSA) is 70.2 Å². The van der Waals surface area contributed by atoms with Crippen molar-refractivity contribution in [2.24, 2.45) is 0 Å². The summed E-state index contributed by atoms with van der Waals surface area (Å²) >= 11 is 0. The van der Waals surface area contributed by atoms with E-state index in [-0.39, 0.29) is 23.9 Å². The fraction of sp³-hybridized carbons (Fsp3) is 0.846. The highest BCUT2D eigenvalue weighted by Gasteiger charge is 2.18. The Morgan fingerprint density at radius 2 is 1.39 bits per heavy atom. The number of carbonyl (C=O) groups excluding carboxylic acids is 2. The van der Waals surface area contributed by atoms with Crippen molar-refractivity contribution in [2.75, 3.05) is 13.1 Å². The molecule has 2 amide bonds. The Labute approximate surface area is 110 Å². The number of amides is 2. The Morgan fingerprint density at radius 3 is 1.83 bits per heavy atom. The third-order valence-corrected chi connectivity index (χ3v) is 2.67. The molecule has 0 fully saturated rings. The van der Waals surface area contributed by atoms with Gasteiger partial charge in [0.15, 0.2) is 0 Å². The normalized spacial score (nSPS) is 13.8. The van der Waals surface area contributed by atoms with Crippen LogP contribution in [0, 0.1) is 0 Å². The number of hydrogen-bond acceptors (Lipinski definition) is 3. The Kier molecular flexibility index (Phi) is 9.28.